The summed E-state index contributed by atoms with van der Waals surface area (Å²) < 4.78 is 2.02. The lowest BCUT2D eigenvalue weighted by atomic mass is 9.75. The minimum atomic E-state index is 0.737. The van der Waals surface area contributed by atoms with Gasteiger partial charge in [-0.25, -0.2) is 0 Å². The van der Waals surface area contributed by atoms with Gasteiger partial charge in [0.25, 0.3) is 0 Å². The minimum absolute atomic E-state index is 0.737. The Morgan fingerprint density at radius 3 is 2.84 bits per heavy atom. The summed E-state index contributed by atoms with van der Waals surface area (Å²) in [6.07, 6.45) is 9.91. The van der Waals surface area contributed by atoms with E-state index in [0.29, 0.717) is 0 Å². The van der Waals surface area contributed by atoms with E-state index in [0.717, 1.165) is 24.4 Å². The van der Waals surface area contributed by atoms with Crippen LogP contribution in [0.5, 0.6) is 0 Å². The summed E-state index contributed by atoms with van der Waals surface area (Å²) in [6.45, 7) is 5.67. The van der Waals surface area contributed by atoms with E-state index in [4.69, 9.17) is 0 Å². The topological polar surface area (TPSA) is 29.9 Å². The normalized spacial score (nSPS) is 27.6. The third-order valence-corrected chi connectivity index (χ3v) is 4.83. The molecule has 3 unspecified atom stereocenters. The Morgan fingerprint density at radius 1 is 1.37 bits per heavy atom. The summed E-state index contributed by atoms with van der Waals surface area (Å²) in [6, 6.07) is 2.89. The van der Waals surface area contributed by atoms with Crippen molar-refractivity contribution in [2.45, 2.75) is 58.4 Å². The van der Waals surface area contributed by atoms with Gasteiger partial charge in [0.1, 0.15) is 0 Å². The van der Waals surface area contributed by atoms with Gasteiger partial charge in [-0.15, -0.1) is 0 Å². The van der Waals surface area contributed by atoms with Crippen molar-refractivity contribution in [3.8, 4) is 0 Å². The molecule has 0 aromatic carbocycles. The molecule has 2 rings (SSSR count). The van der Waals surface area contributed by atoms with Crippen LogP contribution in [0.1, 0.15) is 51.6 Å². The summed E-state index contributed by atoms with van der Waals surface area (Å²) in [5, 5.41) is 7.97. The van der Waals surface area contributed by atoms with Gasteiger partial charge in [0.2, 0.25) is 0 Å². The van der Waals surface area contributed by atoms with Crippen molar-refractivity contribution in [2.24, 2.45) is 18.9 Å². The molecule has 19 heavy (non-hydrogen) atoms. The van der Waals surface area contributed by atoms with Crippen LogP contribution in [-0.4, -0.2) is 22.4 Å². The Labute approximate surface area is 117 Å². The highest BCUT2D eigenvalue weighted by atomic mass is 15.2. The fraction of sp³-hybridized carbons (Fsp3) is 0.812. The Balaban J connectivity index is 1.91. The first kappa shape index (κ1) is 14.6. The number of hydrogen-bond donors (Lipinski definition) is 1. The predicted molar refractivity (Wildman–Crippen MR) is 80.1 cm³/mol. The first-order valence-corrected chi connectivity index (χ1v) is 7.94. The Bertz CT molecular complexity index is 372. The van der Waals surface area contributed by atoms with Crippen LogP contribution in [0.25, 0.3) is 0 Å². The molecule has 0 amide bonds. The van der Waals surface area contributed by atoms with Crippen LogP contribution in [0.2, 0.25) is 0 Å². The summed E-state index contributed by atoms with van der Waals surface area (Å²) in [5.41, 5.74) is 1.37. The molecular weight excluding hydrogens is 234 g/mol. The molecule has 0 spiro atoms. The van der Waals surface area contributed by atoms with Crippen molar-refractivity contribution in [1.82, 2.24) is 15.1 Å². The summed E-state index contributed by atoms with van der Waals surface area (Å²) in [5.74, 6) is 1.79. The molecule has 0 bridgehead atoms. The van der Waals surface area contributed by atoms with Crippen LogP contribution in [0.15, 0.2) is 12.3 Å². The second-order valence-electron chi connectivity index (χ2n) is 6.00. The van der Waals surface area contributed by atoms with Gasteiger partial charge < -0.3 is 5.32 Å². The molecule has 1 aromatic rings. The Hall–Kier alpha value is -0.830. The Kier molecular flexibility index (Phi) is 5.44. The monoisotopic (exact) mass is 263 g/mol. The molecule has 1 N–H and O–H groups in total. The van der Waals surface area contributed by atoms with Gasteiger partial charge in [-0.1, -0.05) is 20.3 Å². The van der Waals surface area contributed by atoms with E-state index < -0.39 is 0 Å². The van der Waals surface area contributed by atoms with Crippen LogP contribution < -0.4 is 5.32 Å². The van der Waals surface area contributed by atoms with E-state index in [9.17, 15) is 0 Å². The molecule has 0 radical (unpaired) electrons. The maximum Gasteiger partial charge on any atom is 0.0492 e. The lowest BCUT2D eigenvalue weighted by Crippen LogP contribution is -2.40. The van der Waals surface area contributed by atoms with E-state index in [-0.39, 0.29) is 0 Å². The van der Waals surface area contributed by atoms with E-state index in [2.05, 4.69) is 30.3 Å². The predicted octanol–water partition coefficient (Wildman–Crippen LogP) is 3.16. The number of nitrogens with zero attached hydrogens (tertiary/aromatic N) is 2. The first-order valence-electron chi connectivity index (χ1n) is 7.94. The quantitative estimate of drug-likeness (QED) is 0.854. The van der Waals surface area contributed by atoms with Crippen molar-refractivity contribution >= 4 is 0 Å². The van der Waals surface area contributed by atoms with Crippen LogP contribution >= 0.6 is 0 Å². The molecular formula is C16H29N3. The van der Waals surface area contributed by atoms with E-state index >= 15 is 0 Å². The van der Waals surface area contributed by atoms with Crippen LogP contribution in [0, 0.1) is 11.8 Å². The van der Waals surface area contributed by atoms with Gasteiger partial charge >= 0.3 is 0 Å². The molecule has 0 saturated heterocycles. The lowest BCUT2D eigenvalue weighted by Gasteiger charge is -2.36. The smallest absolute Gasteiger partial charge is 0.0492 e. The first-order chi connectivity index (χ1) is 9.24. The van der Waals surface area contributed by atoms with Gasteiger partial charge in [-0.2, -0.15) is 5.10 Å². The molecule has 1 aliphatic carbocycles. The third-order valence-electron chi connectivity index (χ3n) is 4.83. The highest BCUT2D eigenvalue weighted by molar-refractivity contribution is 5.00. The molecule has 1 aromatic heterocycles. The minimum Gasteiger partial charge on any atom is -0.314 e. The van der Waals surface area contributed by atoms with Crippen molar-refractivity contribution in [2.75, 3.05) is 6.54 Å². The fourth-order valence-electron chi connectivity index (χ4n) is 3.56. The third kappa shape index (κ3) is 3.82. The van der Waals surface area contributed by atoms with Gasteiger partial charge in [0.05, 0.1) is 0 Å². The standard InChI is InChI=1S/C16H29N3/c1-4-13-6-9-16(17-5-2)14(12-13)7-8-15-10-11-18-19(15)3/h10-11,13-14,16-17H,4-9,12H2,1-3H3. The molecule has 1 heterocycles. The average Bonchev–Trinajstić information content (AvgIpc) is 2.83. The van der Waals surface area contributed by atoms with Crippen molar-refractivity contribution < 1.29 is 0 Å². The molecule has 1 fully saturated rings. The molecule has 3 atom stereocenters. The fourth-order valence-corrected chi connectivity index (χ4v) is 3.56. The van der Waals surface area contributed by atoms with Crippen molar-refractivity contribution in [1.29, 1.82) is 0 Å². The van der Waals surface area contributed by atoms with Gasteiger partial charge in [-0.3, -0.25) is 4.68 Å². The molecule has 3 heteroatoms. The second kappa shape index (κ2) is 7.09. The zero-order valence-corrected chi connectivity index (χ0v) is 12.7. The number of rotatable bonds is 6. The number of hydrogen-bond acceptors (Lipinski definition) is 2. The molecule has 1 saturated carbocycles. The second-order valence-corrected chi connectivity index (χ2v) is 6.00. The van der Waals surface area contributed by atoms with Crippen molar-refractivity contribution in [3.05, 3.63) is 18.0 Å². The highest BCUT2D eigenvalue weighted by Gasteiger charge is 2.28. The highest BCUT2D eigenvalue weighted by Crippen LogP contribution is 2.33. The molecule has 108 valence electrons. The van der Waals surface area contributed by atoms with E-state index in [1.807, 2.05) is 17.9 Å². The van der Waals surface area contributed by atoms with Gasteiger partial charge in [-0.05, 0) is 56.6 Å². The SMILES string of the molecule is CCNC1CCC(CC)CC1CCc1ccnn1C. The van der Waals surface area contributed by atoms with Gasteiger partial charge in [0, 0.05) is 25.0 Å². The Morgan fingerprint density at radius 2 is 2.21 bits per heavy atom. The van der Waals surface area contributed by atoms with E-state index in [1.165, 1.54) is 44.2 Å². The summed E-state index contributed by atoms with van der Waals surface area (Å²) in [7, 11) is 2.05. The summed E-state index contributed by atoms with van der Waals surface area (Å²) in [4.78, 5) is 0. The number of aromatic nitrogens is 2. The maximum atomic E-state index is 4.27. The molecule has 0 aliphatic heterocycles. The molecule has 1 aliphatic rings. The van der Waals surface area contributed by atoms with Crippen LogP contribution in [0.3, 0.4) is 0 Å². The summed E-state index contributed by atoms with van der Waals surface area (Å²) >= 11 is 0. The lowest BCUT2D eigenvalue weighted by molar-refractivity contribution is 0.191. The van der Waals surface area contributed by atoms with Crippen LogP contribution in [-0.2, 0) is 13.5 Å². The molecule has 3 nitrogen and oxygen atoms in total. The van der Waals surface area contributed by atoms with Gasteiger partial charge in [0.15, 0.2) is 0 Å². The zero-order valence-electron chi connectivity index (χ0n) is 12.7. The van der Waals surface area contributed by atoms with Crippen LogP contribution in [0.4, 0.5) is 0 Å². The van der Waals surface area contributed by atoms with E-state index in [1.54, 1.807) is 0 Å². The number of nitrogens with one attached hydrogen (secondary N) is 1. The maximum absolute atomic E-state index is 4.27. The largest absolute Gasteiger partial charge is 0.314 e. The zero-order chi connectivity index (χ0) is 13.7. The average molecular weight is 263 g/mol. The number of aryl methyl sites for hydroxylation is 2. The van der Waals surface area contributed by atoms with Crippen molar-refractivity contribution in [3.63, 3.8) is 0 Å².